The predicted octanol–water partition coefficient (Wildman–Crippen LogP) is 2.09. The molecule has 4 nitrogen and oxygen atoms in total. The van der Waals surface area contributed by atoms with Gasteiger partial charge in [-0.2, -0.15) is 0 Å². The quantitative estimate of drug-likeness (QED) is 0.744. The molecule has 0 radical (unpaired) electrons. The van der Waals surface area contributed by atoms with Crippen LogP contribution in [0.1, 0.15) is 40.7 Å². The van der Waals surface area contributed by atoms with Gasteiger partial charge in [0.25, 0.3) is 5.91 Å². The maximum Gasteiger partial charge on any atom is 0.261 e. The van der Waals surface area contributed by atoms with Crippen molar-refractivity contribution in [2.45, 2.75) is 33.1 Å². The Morgan fingerprint density at radius 3 is 2.61 bits per heavy atom. The van der Waals surface area contributed by atoms with Crippen LogP contribution in [-0.2, 0) is 4.79 Å². The summed E-state index contributed by atoms with van der Waals surface area (Å²) in [5, 5.41) is 5.39. The Bertz CT molecular complexity index is 401. The largest absolute Gasteiger partial charge is 0.355 e. The highest BCUT2D eigenvalue weighted by atomic mass is 32.1. The van der Waals surface area contributed by atoms with Gasteiger partial charge in [0.05, 0.1) is 11.4 Å². The summed E-state index contributed by atoms with van der Waals surface area (Å²) < 4.78 is 0. The minimum atomic E-state index is -0.184. The molecule has 0 bridgehead atoms. The minimum Gasteiger partial charge on any atom is -0.355 e. The number of nitrogens with one attached hydrogen (secondary N) is 2. The van der Waals surface area contributed by atoms with Crippen molar-refractivity contribution in [3.63, 3.8) is 0 Å². The fourth-order valence-electron chi connectivity index (χ4n) is 1.47. The number of thiophene rings is 1. The second-order valence-corrected chi connectivity index (χ2v) is 5.44. The number of carbonyl (C=O) groups excluding carboxylic acids is 2. The van der Waals surface area contributed by atoms with Crippen LogP contribution in [0, 0.1) is 6.92 Å². The molecule has 1 aromatic heterocycles. The molecule has 1 heterocycles. The maximum atomic E-state index is 11.7. The monoisotopic (exact) mass is 268 g/mol. The summed E-state index contributed by atoms with van der Waals surface area (Å²) in [6, 6.07) is 3.67. The van der Waals surface area contributed by atoms with E-state index in [1.807, 2.05) is 13.0 Å². The van der Waals surface area contributed by atoms with Crippen molar-refractivity contribution in [3.05, 3.63) is 21.9 Å². The van der Waals surface area contributed by atoms with Gasteiger partial charge in [-0.05, 0) is 25.5 Å². The number of aryl methyl sites for hydroxylation is 1. The summed E-state index contributed by atoms with van der Waals surface area (Å²) in [6.45, 7) is 4.79. The van der Waals surface area contributed by atoms with E-state index in [4.69, 9.17) is 0 Å². The van der Waals surface area contributed by atoms with Crippen molar-refractivity contribution >= 4 is 23.2 Å². The van der Waals surface area contributed by atoms with E-state index >= 15 is 0 Å². The molecule has 0 saturated heterocycles. The van der Waals surface area contributed by atoms with Gasteiger partial charge in [-0.15, -0.1) is 11.3 Å². The van der Waals surface area contributed by atoms with Crippen molar-refractivity contribution in [1.29, 1.82) is 0 Å². The lowest BCUT2D eigenvalue weighted by Crippen LogP contribution is -2.37. The van der Waals surface area contributed by atoms with Crippen LogP contribution in [0.3, 0.4) is 0 Å². The molecule has 0 atom stereocenters. The van der Waals surface area contributed by atoms with Crippen LogP contribution >= 0.6 is 11.3 Å². The van der Waals surface area contributed by atoms with E-state index in [2.05, 4.69) is 17.6 Å². The number of carbonyl (C=O) groups is 2. The molecule has 0 aliphatic carbocycles. The van der Waals surface area contributed by atoms with Gasteiger partial charge < -0.3 is 10.6 Å². The molecule has 0 aromatic carbocycles. The van der Waals surface area contributed by atoms with Crippen molar-refractivity contribution in [3.8, 4) is 0 Å². The standard InChI is InChI=1S/C13H20N2O2S/c1-3-4-5-8-14-12(16)9-15-13(17)11-7-6-10(2)18-11/h6-7H,3-5,8-9H2,1-2H3,(H,14,16)(H,15,17). The van der Waals surface area contributed by atoms with Crippen LogP contribution in [0.25, 0.3) is 0 Å². The molecule has 2 N–H and O–H groups in total. The second kappa shape index (κ2) is 7.87. The van der Waals surface area contributed by atoms with E-state index in [1.54, 1.807) is 6.07 Å². The highest BCUT2D eigenvalue weighted by Gasteiger charge is 2.09. The number of hydrogen-bond acceptors (Lipinski definition) is 3. The molecule has 0 spiro atoms. The smallest absolute Gasteiger partial charge is 0.261 e. The zero-order chi connectivity index (χ0) is 13.4. The fourth-order valence-corrected chi connectivity index (χ4v) is 2.25. The van der Waals surface area contributed by atoms with E-state index in [0.717, 1.165) is 24.1 Å². The molecule has 100 valence electrons. The highest BCUT2D eigenvalue weighted by Crippen LogP contribution is 2.14. The van der Waals surface area contributed by atoms with Gasteiger partial charge in [-0.25, -0.2) is 0 Å². The Morgan fingerprint density at radius 2 is 2.00 bits per heavy atom. The molecular weight excluding hydrogens is 248 g/mol. The first-order valence-electron chi connectivity index (χ1n) is 6.24. The number of unbranched alkanes of at least 4 members (excludes halogenated alkanes) is 2. The summed E-state index contributed by atoms with van der Waals surface area (Å²) in [6.07, 6.45) is 3.23. The van der Waals surface area contributed by atoms with Gasteiger partial charge >= 0.3 is 0 Å². The van der Waals surface area contributed by atoms with E-state index in [-0.39, 0.29) is 18.4 Å². The van der Waals surface area contributed by atoms with Crippen LogP contribution in [0.2, 0.25) is 0 Å². The zero-order valence-corrected chi connectivity index (χ0v) is 11.7. The minimum absolute atomic E-state index is 0.0436. The van der Waals surface area contributed by atoms with Gasteiger partial charge in [0, 0.05) is 11.4 Å². The third-order valence-electron chi connectivity index (χ3n) is 2.48. The van der Waals surface area contributed by atoms with Crippen molar-refractivity contribution < 1.29 is 9.59 Å². The average Bonchev–Trinajstić information content (AvgIpc) is 2.78. The van der Waals surface area contributed by atoms with Crippen LogP contribution < -0.4 is 10.6 Å². The van der Waals surface area contributed by atoms with Gasteiger partial charge in [-0.1, -0.05) is 19.8 Å². The third kappa shape index (κ3) is 5.31. The SMILES string of the molecule is CCCCCNC(=O)CNC(=O)c1ccc(C)s1. The van der Waals surface area contributed by atoms with Gasteiger partial charge in [0.15, 0.2) is 0 Å². The lowest BCUT2D eigenvalue weighted by atomic mass is 10.2. The van der Waals surface area contributed by atoms with Gasteiger partial charge in [0.2, 0.25) is 5.91 Å². The Labute approximate surface area is 112 Å². The fraction of sp³-hybridized carbons (Fsp3) is 0.538. The Morgan fingerprint density at radius 1 is 1.22 bits per heavy atom. The zero-order valence-electron chi connectivity index (χ0n) is 10.9. The van der Waals surface area contributed by atoms with Gasteiger partial charge in [0.1, 0.15) is 0 Å². The predicted molar refractivity (Wildman–Crippen MR) is 73.9 cm³/mol. The molecule has 1 rings (SSSR count). The molecule has 5 heteroatoms. The lowest BCUT2D eigenvalue weighted by molar-refractivity contribution is -0.120. The Balaban J connectivity index is 2.20. The van der Waals surface area contributed by atoms with Crippen molar-refractivity contribution in [1.82, 2.24) is 10.6 Å². The molecule has 0 unspecified atom stereocenters. The first kappa shape index (κ1) is 14.7. The van der Waals surface area contributed by atoms with Gasteiger partial charge in [-0.3, -0.25) is 9.59 Å². The summed E-state index contributed by atoms with van der Waals surface area (Å²) >= 11 is 1.43. The van der Waals surface area contributed by atoms with E-state index < -0.39 is 0 Å². The first-order valence-corrected chi connectivity index (χ1v) is 7.06. The average molecular weight is 268 g/mol. The molecule has 0 saturated carbocycles. The lowest BCUT2D eigenvalue weighted by Gasteiger charge is -2.05. The maximum absolute atomic E-state index is 11.7. The number of hydrogen-bond donors (Lipinski definition) is 2. The highest BCUT2D eigenvalue weighted by molar-refractivity contribution is 7.13. The topological polar surface area (TPSA) is 58.2 Å². The summed E-state index contributed by atoms with van der Waals surface area (Å²) in [4.78, 5) is 24.8. The van der Waals surface area contributed by atoms with Crippen LogP contribution in [0.5, 0.6) is 0 Å². The number of rotatable bonds is 7. The molecule has 1 aromatic rings. The van der Waals surface area contributed by atoms with Crippen molar-refractivity contribution in [2.24, 2.45) is 0 Å². The van der Waals surface area contributed by atoms with Crippen molar-refractivity contribution in [2.75, 3.05) is 13.1 Å². The van der Waals surface area contributed by atoms with Crippen LogP contribution in [-0.4, -0.2) is 24.9 Å². The summed E-state index contributed by atoms with van der Waals surface area (Å²) in [7, 11) is 0. The van der Waals surface area contributed by atoms with Crippen LogP contribution in [0.15, 0.2) is 12.1 Å². The molecule has 2 amide bonds. The Hall–Kier alpha value is -1.36. The summed E-state index contributed by atoms with van der Waals surface area (Å²) in [5.41, 5.74) is 0. The molecule has 18 heavy (non-hydrogen) atoms. The number of amides is 2. The molecule has 0 fully saturated rings. The Kier molecular flexibility index (Phi) is 6.43. The van der Waals surface area contributed by atoms with Crippen LogP contribution in [0.4, 0.5) is 0 Å². The molecule has 0 aliphatic rings. The molecular formula is C13H20N2O2S. The molecule has 0 aliphatic heterocycles. The van der Waals surface area contributed by atoms with E-state index in [1.165, 1.54) is 11.3 Å². The van der Waals surface area contributed by atoms with E-state index in [9.17, 15) is 9.59 Å². The van der Waals surface area contributed by atoms with E-state index in [0.29, 0.717) is 11.4 Å². The summed E-state index contributed by atoms with van der Waals surface area (Å²) in [5.74, 6) is -0.315. The third-order valence-corrected chi connectivity index (χ3v) is 3.48. The second-order valence-electron chi connectivity index (χ2n) is 4.15. The normalized spacial score (nSPS) is 10.1. The first-order chi connectivity index (χ1) is 8.63.